The summed E-state index contributed by atoms with van der Waals surface area (Å²) >= 11 is 7.65. The molecule has 1 atom stereocenters. The number of carbonyl (C=O) groups excluding carboxylic acids is 1. The summed E-state index contributed by atoms with van der Waals surface area (Å²) in [5, 5.41) is 0.912. The summed E-state index contributed by atoms with van der Waals surface area (Å²) in [4.78, 5) is 21.9. The molecule has 8 nitrogen and oxygen atoms in total. The van der Waals surface area contributed by atoms with E-state index in [0.29, 0.717) is 52.1 Å². The van der Waals surface area contributed by atoms with E-state index in [1.54, 1.807) is 12.1 Å². The Morgan fingerprint density at radius 2 is 1.94 bits per heavy atom. The zero-order chi connectivity index (χ0) is 25.3. The predicted octanol–water partition coefficient (Wildman–Crippen LogP) is 3.85. The number of thiazole rings is 1. The van der Waals surface area contributed by atoms with Crippen molar-refractivity contribution in [3.8, 4) is 5.75 Å². The van der Waals surface area contributed by atoms with Gasteiger partial charge in [-0.25, -0.2) is 17.8 Å². The third kappa shape index (κ3) is 5.14. The highest BCUT2D eigenvalue weighted by molar-refractivity contribution is 7.89. The Kier molecular flexibility index (Phi) is 7.62. The Morgan fingerprint density at radius 1 is 1.23 bits per heavy atom. The molecule has 1 fully saturated rings. The van der Waals surface area contributed by atoms with Crippen molar-refractivity contribution in [3.05, 3.63) is 47.2 Å². The first-order valence-corrected chi connectivity index (χ1v) is 13.6. The minimum Gasteiger partial charge on any atom is -0.494 e. The maximum atomic E-state index is 13.9. The van der Waals surface area contributed by atoms with Crippen molar-refractivity contribution < 1.29 is 22.3 Å². The highest BCUT2D eigenvalue weighted by Crippen LogP contribution is 2.39. The summed E-state index contributed by atoms with van der Waals surface area (Å²) in [6.45, 7) is 1.06. The fourth-order valence-electron chi connectivity index (χ4n) is 4.02. The predicted molar refractivity (Wildman–Crippen MR) is 135 cm³/mol. The van der Waals surface area contributed by atoms with E-state index in [0.717, 1.165) is 12.1 Å². The van der Waals surface area contributed by atoms with Crippen LogP contribution in [0.4, 0.5) is 9.52 Å². The van der Waals surface area contributed by atoms with Gasteiger partial charge in [0.25, 0.3) is 0 Å². The number of ether oxygens (including phenoxy) is 1. The van der Waals surface area contributed by atoms with E-state index in [4.69, 9.17) is 16.3 Å². The highest BCUT2D eigenvalue weighted by Gasteiger charge is 2.42. The smallest absolute Gasteiger partial charge is 0.247 e. The molecule has 0 saturated carbocycles. The molecule has 0 aliphatic carbocycles. The zero-order valence-corrected chi connectivity index (χ0v) is 22.0. The number of carbonyl (C=O) groups is 1. The molecule has 0 radical (unpaired) electrons. The zero-order valence-electron chi connectivity index (χ0n) is 19.6. The van der Waals surface area contributed by atoms with E-state index >= 15 is 0 Å². The van der Waals surface area contributed by atoms with Crippen molar-refractivity contribution >= 4 is 54.2 Å². The second-order valence-electron chi connectivity index (χ2n) is 8.44. The molecule has 2 aromatic carbocycles. The van der Waals surface area contributed by atoms with Crippen LogP contribution < -0.4 is 9.64 Å². The van der Waals surface area contributed by atoms with Gasteiger partial charge in [-0.2, -0.15) is 4.31 Å². The third-order valence-electron chi connectivity index (χ3n) is 5.84. The lowest BCUT2D eigenvalue weighted by Gasteiger charge is -2.29. The summed E-state index contributed by atoms with van der Waals surface area (Å²) in [5.74, 6) is -0.352. The molecule has 0 N–H and O–H groups in total. The third-order valence-corrected chi connectivity index (χ3v) is 9.30. The molecule has 1 unspecified atom stereocenters. The lowest BCUT2D eigenvalue weighted by Crippen LogP contribution is -2.49. The van der Waals surface area contributed by atoms with Crippen LogP contribution in [0.25, 0.3) is 10.2 Å². The van der Waals surface area contributed by atoms with Gasteiger partial charge < -0.3 is 9.64 Å². The van der Waals surface area contributed by atoms with Gasteiger partial charge in [0.1, 0.15) is 23.1 Å². The first-order valence-electron chi connectivity index (χ1n) is 11.0. The molecule has 35 heavy (non-hydrogen) atoms. The number of sulfonamides is 1. The SMILES string of the molecule is COc1ccc(Cl)c2sc(N(CCN(C)C)C(=O)C3CCCN3S(=O)(=O)c3ccc(F)cc3)nc12. The second kappa shape index (κ2) is 10.4. The molecule has 1 amide bonds. The first-order chi connectivity index (χ1) is 16.6. The number of rotatable bonds is 8. The second-order valence-corrected chi connectivity index (χ2v) is 11.7. The molecule has 2 heterocycles. The summed E-state index contributed by atoms with van der Waals surface area (Å²) < 4.78 is 47.4. The van der Waals surface area contributed by atoms with Crippen molar-refractivity contribution in [1.82, 2.24) is 14.2 Å². The molecule has 188 valence electrons. The first kappa shape index (κ1) is 25.8. The number of aromatic nitrogens is 1. The molecular formula is C23H26ClFN4O4S2. The van der Waals surface area contributed by atoms with Crippen LogP contribution in [0.1, 0.15) is 12.8 Å². The van der Waals surface area contributed by atoms with Crippen LogP contribution >= 0.6 is 22.9 Å². The molecule has 1 aromatic heterocycles. The van der Waals surface area contributed by atoms with Gasteiger partial charge >= 0.3 is 0 Å². The van der Waals surface area contributed by atoms with E-state index in [9.17, 15) is 17.6 Å². The fraction of sp³-hybridized carbons (Fsp3) is 0.391. The van der Waals surface area contributed by atoms with Crippen LogP contribution in [0.3, 0.4) is 0 Å². The summed E-state index contributed by atoms with van der Waals surface area (Å²) in [7, 11) is 1.33. The Labute approximate surface area is 212 Å². The molecule has 12 heteroatoms. The summed E-state index contributed by atoms with van der Waals surface area (Å²) in [5.41, 5.74) is 0.546. The van der Waals surface area contributed by atoms with Crippen LogP contribution in [0.15, 0.2) is 41.3 Å². The van der Waals surface area contributed by atoms with Gasteiger partial charge in [-0.3, -0.25) is 9.69 Å². The van der Waals surface area contributed by atoms with Crippen LogP contribution in [-0.4, -0.2) is 75.4 Å². The quantitative estimate of drug-likeness (QED) is 0.432. The lowest BCUT2D eigenvalue weighted by atomic mass is 10.2. The minimum atomic E-state index is -3.99. The van der Waals surface area contributed by atoms with Crippen molar-refractivity contribution in [3.63, 3.8) is 0 Å². The molecular weight excluding hydrogens is 515 g/mol. The van der Waals surface area contributed by atoms with Gasteiger partial charge in [0.05, 0.1) is 21.7 Å². The molecule has 4 rings (SSSR count). The Hall–Kier alpha value is -2.31. The largest absolute Gasteiger partial charge is 0.494 e. The van der Waals surface area contributed by atoms with Gasteiger partial charge in [-0.05, 0) is 63.3 Å². The number of benzene rings is 2. The number of halogens is 2. The average molecular weight is 541 g/mol. The van der Waals surface area contributed by atoms with Gasteiger partial charge in [0.15, 0.2) is 5.13 Å². The molecule has 1 aliphatic heterocycles. The number of likely N-dealkylation sites (N-methyl/N-ethyl adjacent to an activating group) is 1. The Balaban J connectivity index is 1.71. The molecule has 1 saturated heterocycles. The molecule has 1 aliphatic rings. The number of methoxy groups -OCH3 is 1. The van der Waals surface area contributed by atoms with Crippen LogP contribution in [0.5, 0.6) is 5.75 Å². The van der Waals surface area contributed by atoms with Gasteiger partial charge in [0, 0.05) is 19.6 Å². The number of fused-ring (bicyclic) bond motifs is 1. The van der Waals surface area contributed by atoms with E-state index in [-0.39, 0.29) is 17.3 Å². The topological polar surface area (TPSA) is 83.0 Å². The number of nitrogens with zero attached hydrogens (tertiary/aromatic N) is 4. The maximum Gasteiger partial charge on any atom is 0.247 e. The van der Waals surface area contributed by atoms with E-state index in [2.05, 4.69) is 4.98 Å². The van der Waals surface area contributed by atoms with Gasteiger partial charge in [0.2, 0.25) is 15.9 Å². The van der Waals surface area contributed by atoms with Crippen molar-refractivity contribution in [1.29, 1.82) is 0 Å². The van der Waals surface area contributed by atoms with Crippen molar-refractivity contribution in [2.75, 3.05) is 45.7 Å². The normalized spacial score (nSPS) is 16.8. The molecule has 3 aromatic rings. The van der Waals surface area contributed by atoms with Gasteiger partial charge in [-0.15, -0.1) is 0 Å². The minimum absolute atomic E-state index is 0.0463. The van der Waals surface area contributed by atoms with Crippen LogP contribution in [0, 0.1) is 5.82 Å². The van der Waals surface area contributed by atoms with E-state index in [1.165, 1.54) is 39.8 Å². The Bertz CT molecular complexity index is 1330. The number of anilines is 1. The Morgan fingerprint density at radius 3 is 2.60 bits per heavy atom. The van der Waals surface area contributed by atoms with Crippen LogP contribution in [0.2, 0.25) is 5.02 Å². The molecule has 0 spiro atoms. The van der Waals surface area contributed by atoms with Crippen molar-refractivity contribution in [2.45, 2.75) is 23.8 Å². The highest BCUT2D eigenvalue weighted by atomic mass is 35.5. The standard InChI is InChI=1S/C23H26ClFN4O4S2/c1-27(2)13-14-28(23-26-20-19(33-3)11-10-17(24)21(20)34-23)22(30)18-5-4-12-29(18)35(31,32)16-8-6-15(25)7-9-16/h6-11,18H,4-5,12-14H2,1-3H3. The van der Waals surface area contributed by atoms with Crippen molar-refractivity contribution in [2.24, 2.45) is 0 Å². The van der Waals surface area contributed by atoms with Crippen LogP contribution in [-0.2, 0) is 14.8 Å². The summed E-state index contributed by atoms with van der Waals surface area (Å²) in [6, 6.07) is 7.17. The van der Waals surface area contributed by atoms with E-state index < -0.39 is 21.9 Å². The maximum absolute atomic E-state index is 13.9. The lowest BCUT2D eigenvalue weighted by molar-refractivity contribution is -0.121. The molecule has 0 bridgehead atoms. The average Bonchev–Trinajstić information content (AvgIpc) is 3.48. The number of hydrogen-bond acceptors (Lipinski definition) is 7. The fourth-order valence-corrected chi connectivity index (χ4v) is 6.96. The van der Waals surface area contributed by atoms with E-state index in [1.807, 2.05) is 19.0 Å². The summed E-state index contributed by atoms with van der Waals surface area (Å²) in [6.07, 6.45) is 0.921. The van der Waals surface area contributed by atoms with Gasteiger partial charge in [-0.1, -0.05) is 22.9 Å². The number of hydrogen-bond donors (Lipinski definition) is 0. The number of amides is 1. The monoisotopic (exact) mass is 540 g/mol.